The van der Waals surface area contributed by atoms with Crippen LogP contribution in [0.3, 0.4) is 0 Å². The summed E-state index contributed by atoms with van der Waals surface area (Å²) in [7, 11) is 0. The molecule has 0 radical (unpaired) electrons. The molecule has 0 saturated heterocycles. The van der Waals surface area contributed by atoms with Crippen LogP contribution in [0.15, 0.2) is 73.1 Å². The summed E-state index contributed by atoms with van der Waals surface area (Å²) < 4.78 is 5.12. The van der Waals surface area contributed by atoms with Crippen molar-refractivity contribution >= 4 is 23.4 Å². The number of nitrogens with zero attached hydrogens (tertiary/aromatic N) is 1. The van der Waals surface area contributed by atoms with E-state index in [1.165, 1.54) is 0 Å². The molecule has 0 atom stereocenters. The number of hydrogen-bond acceptors (Lipinski definition) is 5. The number of benzene rings is 2. The second-order valence-electron chi connectivity index (χ2n) is 6.07. The molecule has 1 aromatic heterocycles. The molecule has 0 aliphatic carbocycles. The molecule has 0 saturated carbocycles. The van der Waals surface area contributed by atoms with E-state index in [1.54, 1.807) is 67.0 Å². The molecule has 142 valence electrons. The van der Waals surface area contributed by atoms with E-state index in [-0.39, 0.29) is 12.5 Å². The molecule has 0 spiro atoms. The Hall–Kier alpha value is -3.87. The fourth-order valence-corrected chi connectivity index (χ4v) is 2.45. The third kappa shape index (κ3) is 5.57. The Morgan fingerprint density at radius 1 is 1.00 bits per heavy atom. The Bertz CT molecular complexity index is 943. The van der Waals surface area contributed by atoms with Gasteiger partial charge in [0.1, 0.15) is 6.61 Å². The summed E-state index contributed by atoms with van der Waals surface area (Å²) in [5.41, 5.74) is 9.08. The van der Waals surface area contributed by atoms with Crippen molar-refractivity contribution in [2.24, 2.45) is 0 Å². The molecule has 3 rings (SSSR count). The summed E-state index contributed by atoms with van der Waals surface area (Å²) in [6.45, 7) is 0.450. The van der Waals surface area contributed by atoms with Crippen LogP contribution < -0.4 is 16.4 Å². The summed E-state index contributed by atoms with van der Waals surface area (Å²) in [6, 6.07) is 17.5. The first-order valence-corrected chi connectivity index (χ1v) is 8.65. The number of pyridine rings is 1. The molecule has 0 bridgehead atoms. The molecule has 1 heterocycles. The number of amides is 2. The molecule has 2 aromatic carbocycles. The van der Waals surface area contributed by atoms with Crippen molar-refractivity contribution in [1.82, 2.24) is 10.3 Å². The number of hydrogen-bond donors (Lipinski definition) is 3. The molecule has 3 aromatic rings. The number of nitrogens with two attached hydrogens (primary N) is 1. The normalized spacial score (nSPS) is 10.1. The SMILES string of the molecule is Nc1cccc(NC(=O)c2ccc(CNC(=O)OCc3cccnc3)cc2)c1. The number of aromatic nitrogens is 1. The summed E-state index contributed by atoms with van der Waals surface area (Å²) >= 11 is 0. The minimum Gasteiger partial charge on any atom is -0.445 e. The largest absolute Gasteiger partial charge is 0.445 e. The number of rotatable bonds is 6. The summed E-state index contributed by atoms with van der Waals surface area (Å²) in [5.74, 6) is -0.235. The van der Waals surface area contributed by atoms with E-state index >= 15 is 0 Å². The highest BCUT2D eigenvalue weighted by molar-refractivity contribution is 6.04. The smallest absolute Gasteiger partial charge is 0.407 e. The third-order valence-electron chi connectivity index (χ3n) is 3.89. The van der Waals surface area contributed by atoms with E-state index in [9.17, 15) is 9.59 Å². The van der Waals surface area contributed by atoms with Crippen molar-refractivity contribution in [2.75, 3.05) is 11.1 Å². The van der Waals surface area contributed by atoms with Crippen LogP contribution in [-0.2, 0) is 17.9 Å². The van der Waals surface area contributed by atoms with Gasteiger partial charge in [0.25, 0.3) is 5.91 Å². The molecule has 0 aliphatic rings. The van der Waals surface area contributed by atoms with Crippen molar-refractivity contribution in [1.29, 1.82) is 0 Å². The van der Waals surface area contributed by atoms with Gasteiger partial charge in [-0.2, -0.15) is 0 Å². The van der Waals surface area contributed by atoms with Crippen LogP contribution in [0.25, 0.3) is 0 Å². The van der Waals surface area contributed by atoms with E-state index in [0.717, 1.165) is 11.1 Å². The van der Waals surface area contributed by atoms with Gasteiger partial charge in [0.05, 0.1) is 0 Å². The van der Waals surface area contributed by atoms with Gasteiger partial charge in [-0.15, -0.1) is 0 Å². The highest BCUT2D eigenvalue weighted by Gasteiger charge is 2.07. The van der Waals surface area contributed by atoms with E-state index in [4.69, 9.17) is 10.5 Å². The Balaban J connectivity index is 1.47. The van der Waals surface area contributed by atoms with Gasteiger partial charge in [0.2, 0.25) is 0 Å². The quantitative estimate of drug-likeness (QED) is 0.572. The number of carbonyl (C=O) groups excluding carboxylic acids is 2. The first kappa shape index (κ1) is 18.9. The van der Waals surface area contributed by atoms with E-state index < -0.39 is 6.09 Å². The van der Waals surface area contributed by atoms with Gasteiger partial charge >= 0.3 is 6.09 Å². The third-order valence-corrected chi connectivity index (χ3v) is 3.89. The Morgan fingerprint density at radius 2 is 1.82 bits per heavy atom. The van der Waals surface area contributed by atoms with Crippen molar-refractivity contribution in [3.05, 3.63) is 89.7 Å². The number of alkyl carbamates (subject to hydrolysis) is 1. The average molecular weight is 376 g/mol. The minimum absolute atomic E-state index is 0.156. The first-order valence-electron chi connectivity index (χ1n) is 8.65. The fourth-order valence-electron chi connectivity index (χ4n) is 2.45. The van der Waals surface area contributed by atoms with Crippen LogP contribution in [0.4, 0.5) is 16.2 Å². The zero-order valence-corrected chi connectivity index (χ0v) is 15.1. The maximum atomic E-state index is 12.3. The van der Waals surface area contributed by atoms with Crippen LogP contribution in [0.5, 0.6) is 0 Å². The molecule has 28 heavy (non-hydrogen) atoms. The predicted molar refractivity (Wildman–Crippen MR) is 107 cm³/mol. The topological polar surface area (TPSA) is 106 Å². The lowest BCUT2D eigenvalue weighted by Gasteiger charge is -2.08. The van der Waals surface area contributed by atoms with Crippen LogP contribution in [-0.4, -0.2) is 17.0 Å². The van der Waals surface area contributed by atoms with Crippen molar-refractivity contribution in [3.8, 4) is 0 Å². The van der Waals surface area contributed by atoms with Gasteiger partial charge in [-0.25, -0.2) is 4.79 Å². The summed E-state index contributed by atoms with van der Waals surface area (Å²) in [5, 5.41) is 5.46. The number of nitrogens with one attached hydrogen (secondary N) is 2. The van der Waals surface area contributed by atoms with Crippen LogP contribution in [0.2, 0.25) is 0 Å². The van der Waals surface area contributed by atoms with E-state index in [0.29, 0.717) is 23.5 Å². The minimum atomic E-state index is -0.521. The molecule has 0 aliphatic heterocycles. The van der Waals surface area contributed by atoms with Gasteiger partial charge in [-0.3, -0.25) is 9.78 Å². The molecule has 7 heteroatoms. The lowest BCUT2D eigenvalue weighted by Crippen LogP contribution is -2.23. The van der Waals surface area contributed by atoms with Gasteiger partial charge in [-0.1, -0.05) is 24.3 Å². The highest BCUT2D eigenvalue weighted by Crippen LogP contribution is 2.14. The average Bonchev–Trinajstić information content (AvgIpc) is 2.72. The Kier molecular flexibility index (Phi) is 6.20. The van der Waals surface area contributed by atoms with Crippen LogP contribution >= 0.6 is 0 Å². The lowest BCUT2D eigenvalue weighted by atomic mass is 10.1. The highest BCUT2D eigenvalue weighted by atomic mass is 16.5. The van der Waals surface area contributed by atoms with Gasteiger partial charge in [0, 0.05) is 41.4 Å². The molecule has 4 N–H and O–H groups in total. The Morgan fingerprint density at radius 3 is 2.54 bits per heavy atom. The fraction of sp³-hybridized carbons (Fsp3) is 0.0952. The Labute approximate surface area is 162 Å². The number of nitrogen functional groups attached to an aromatic ring is 1. The first-order chi connectivity index (χ1) is 13.6. The predicted octanol–water partition coefficient (Wildman–Crippen LogP) is 3.34. The molecule has 0 unspecified atom stereocenters. The number of carbonyl (C=O) groups is 2. The number of ether oxygens (including phenoxy) is 1. The second-order valence-corrected chi connectivity index (χ2v) is 6.07. The van der Waals surface area contributed by atoms with Crippen molar-refractivity contribution < 1.29 is 14.3 Å². The van der Waals surface area contributed by atoms with E-state index in [2.05, 4.69) is 15.6 Å². The molecule has 0 fully saturated rings. The van der Waals surface area contributed by atoms with Gasteiger partial charge in [-0.05, 0) is 42.0 Å². The summed E-state index contributed by atoms with van der Waals surface area (Å²) in [4.78, 5) is 28.0. The summed E-state index contributed by atoms with van der Waals surface area (Å²) in [6.07, 6.45) is 2.77. The van der Waals surface area contributed by atoms with Crippen molar-refractivity contribution in [2.45, 2.75) is 13.2 Å². The van der Waals surface area contributed by atoms with Gasteiger partial charge in [0.15, 0.2) is 0 Å². The van der Waals surface area contributed by atoms with Crippen molar-refractivity contribution in [3.63, 3.8) is 0 Å². The maximum Gasteiger partial charge on any atom is 0.407 e. The lowest BCUT2D eigenvalue weighted by molar-refractivity contribution is 0.102. The van der Waals surface area contributed by atoms with E-state index in [1.807, 2.05) is 6.07 Å². The molecular formula is C21H20N4O3. The second kappa shape index (κ2) is 9.18. The number of anilines is 2. The zero-order chi connectivity index (χ0) is 19.8. The molecular weight excluding hydrogens is 356 g/mol. The van der Waals surface area contributed by atoms with Crippen LogP contribution in [0.1, 0.15) is 21.5 Å². The standard InChI is InChI=1S/C21H20N4O3/c22-18-4-1-5-19(11-18)25-20(26)17-8-6-15(7-9-17)13-24-21(27)28-14-16-3-2-10-23-12-16/h1-12H,13-14,22H2,(H,24,27)(H,25,26). The van der Waals surface area contributed by atoms with Crippen LogP contribution in [0, 0.1) is 0 Å². The molecule has 7 nitrogen and oxygen atoms in total. The zero-order valence-electron chi connectivity index (χ0n) is 15.1. The molecule has 2 amide bonds. The van der Waals surface area contributed by atoms with Gasteiger partial charge < -0.3 is 21.1 Å². The monoisotopic (exact) mass is 376 g/mol. The maximum absolute atomic E-state index is 12.3.